The van der Waals surface area contributed by atoms with Gasteiger partial charge in [-0.2, -0.15) is 0 Å². The molecule has 8 heteroatoms. The van der Waals surface area contributed by atoms with Crippen LogP contribution in [0.25, 0.3) is 0 Å². The number of carbonyl (C=O) groups excluding carboxylic acids is 1. The Morgan fingerprint density at radius 1 is 0.964 bits per heavy atom. The highest BCUT2D eigenvalue weighted by molar-refractivity contribution is 6.03. The highest BCUT2D eigenvalue weighted by atomic mass is 19.1. The summed E-state index contributed by atoms with van der Waals surface area (Å²) in [6.45, 7) is 0. The molecule has 0 spiro atoms. The van der Waals surface area contributed by atoms with Gasteiger partial charge < -0.3 is 20.1 Å². The molecule has 0 saturated carbocycles. The smallest absolute Gasteiger partial charge is 0.274 e. The van der Waals surface area contributed by atoms with E-state index < -0.39 is 17.5 Å². The fraction of sp³-hybridized carbons (Fsp3) is 0.100. The predicted molar refractivity (Wildman–Crippen MR) is 101 cm³/mol. The second kappa shape index (κ2) is 8.34. The van der Waals surface area contributed by atoms with Crippen LogP contribution in [-0.2, 0) is 0 Å². The predicted octanol–water partition coefficient (Wildman–Crippen LogP) is 4.37. The summed E-state index contributed by atoms with van der Waals surface area (Å²) in [5.74, 6) is -0.969. The maximum absolute atomic E-state index is 13.7. The van der Waals surface area contributed by atoms with Crippen molar-refractivity contribution in [2.24, 2.45) is 0 Å². The van der Waals surface area contributed by atoms with E-state index in [-0.39, 0.29) is 11.4 Å². The average molecular weight is 385 g/mol. The van der Waals surface area contributed by atoms with Gasteiger partial charge in [0.05, 0.1) is 37.5 Å². The van der Waals surface area contributed by atoms with Gasteiger partial charge in [0.15, 0.2) is 0 Å². The van der Waals surface area contributed by atoms with Crippen LogP contribution in [-0.4, -0.2) is 25.1 Å². The van der Waals surface area contributed by atoms with Crippen molar-refractivity contribution in [2.45, 2.75) is 0 Å². The Morgan fingerprint density at radius 3 is 2.39 bits per heavy atom. The number of pyridine rings is 1. The van der Waals surface area contributed by atoms with Crippen LogP contribution in [0.1, 0.15) is 10.5 Å². The van der Waals surface area contributed by atoms with E-state index in [9.17, 15) is 13.6 Å². The second-order valence-electron chi connectivity index (χ2n) is 5.70. The number of ether oxygens (including phenoxy) is 2. The van der Waals surface area contributed by atoms with Gasteiger partial charge in [0.1, 0.15) is 28.8 Å². The first-order chi connectivity index (χ1) is 13.5. The minimum Gasteiger partial charge on any atom is -0.497 e. The van der Waals surface area contributed by atoms with Crippen LogP contribution in [0.5, 0.6) is 11.5 Å². The molecule has 2 N–H and O–H groups in total. The van der Waals surface area contributed by atoms with Crippen molar-refractivity contribution in [3.8, 4) is 11.5 Å². The normalized spacial score (nSPS) is 10.3. The highest BCUT2D eigenvalue weighted by Gasteiger charge is 2.12. The van der Waals surface area contributed by atoms with Crippen LogP contribution in [0.15, 0.2) is 54.7 Å². The Hall–Kier alpha value is -3.68. The van der Waals surface area contributed by atoms with Crippen molar-refractivity contribution in [3.05, 3.63) is 72.1 Å². The van der Waals surface area contributed by atoms with Gasteiger partial charge >= 0.3 is 0 Å². The molecule has 0 aliphatic rings. The lowest BCUT2D eigenvalue weighted by atomic mass is 10.2. The molecule has 28 heavy (non-hydrogen) atoms. The molecule has 0 radical (unpaired) electrons. The molecule has 0 aliphatic heterocycles. The van der Waals surface area contributed by atoms with Crippen molar-refractivity contribution in [3.63, 3.8) is 0 Å². The highest BCUT2D eigenvalue weighted by Crippen LogP contribution is 2.31. The van der Waals surface area contributed by atoms with Crippen LogP contribution in [0, 0.1) is 11.6 Å². The summed E-state index contributed by atoms with van der Waals surface area (Å²) in [5, 5.41) is 5.49. The first kappa shape index (κ1) is 19.1. The molecule has 0 bridgehead atoms. The fourth-order valence-electron chi connectivity index (χ4n) is 2.44. The summed E-state index contributed by atoms with van der Waals surface area (Å²) in [7, 11) is 3.10. The molecule has 0 atom stereocenters. The van der Waals surface area contributed by atoms with Crippen molar-refractivity contribution in [1.29, 1.82) is 0 Å². The lowest BCUT2D eigenvalue weighted by Gasteiger charge is -2.12. The largest absolute Gasteiger partial charge is 0.497 e. The molecule has 144 valence electrons. The number of hydrogen-bond donors (Lipinski definition) is 2. The van der Waals surface area contributed by atoms with Crippen LogP contribution < -0.4 is 20.1 Å². The summed E-state index contributed by atoms with van der Waals surface area (Å²) in [6.07, 6.45) is 1.46. The van der Waals surface area contributed by atoms with Gasteiger partial charge in [0, 0.05) is 12.1 Å². The number of halogens is 2. The number of aromatic nitrogens is 1. The average Bonchev–Trinajstić information content (AvgIpc) is 2.71. The molecular formula is C20H17F2N3O3. The van der Waals surface area contributed by atoms with E-state index in [1.807, 2.05) is 0 Å². The molecular weight excluding hydrogens is 368 g/mol. The molecule has 3 aromatic rings. The summed E-state index contributed by atoms with van der Waals surface area (Å²) in [4.78, 5) is 16.3. The second-order valence-corrected chi connectivity index (χ2v) is 5.70. The Labute approximate surface area is 160 Å². The molecule has 0 saturated heterocycles. The molecule has 1 amide bonds. The third-order valence-electron chi connectivity index (χ3n) is 3.86. The monoisotopic (exact) mass is 385 g/mol. The van der Waals surface area contributed by atoms with Crippen molar-refractivity contribution in [1.82, 2.24) is 4.98 Å². The Balaban J connectivity index is 1.72. The zero-order valence-corrected chi connectivity index (χ0v) is 15.1. The lowest BCUT2D eigenvalue weighted by molar-refractivity contribution is 0.102. The number of benzene rings is 2. The van der Waals surface area contributed by atoms with Gasteiger partial charge in [-0.05, 0) is 36.4 Å². The van der Waals surface area contributed by atoms with Gasteiger partial charge in [0.25, 0.3) is 5.91 Å². The summed E-state index contributed by atoms with van der Waals surface area (Å²) < 4.78 is 37.1. The minimum atomic E-state index is -0.863. The van der Waals surface area contributed by atoms with Crippen molar-refractivity contribution >= 4 is 23.0 Å². The number of nitrogens with one attached hydrogen (secondary N) is 2. The number of hydrogen-bond acceptors (Lipinski definition) is 5. The van der Waals surface area contributed by atoms with Gasteiger partial charge in [-0.25, -0.2) is 13.8 Å². The van der Waals surface area contributed by atoms with Crippen LogP contribution >= 0.6 is 0 Å². The maximum Gasteiger partial charge on any atom is 0.274 e. The van der Waals surface area contributed by atoms with Crippen LogP contribution in [0.2, 0.25) is 0 Å². The van der Waals surface area contributed by atoms with Gasteiger partial charge in [-0.3, -0.25) is 4.79 Å². The third-order valence-corrected chi connectivity index (χ3v) is 3.86. The Bertz CT molecular complexity index is 994. The molecule has 1 heterocycles. The van der Waals surface area contributed by atoms with E-state index in [1.165, 1.54) is 12.3 Å². The van der Waals surface area contributed by atoms with Crippen LogP contribution in [0.4, 0.5) is 25.8 Å². The molecule has 0 fully saturated rings. The maximum atomic E-state index is 13.7. The number of methoxy groups -OCH3 is 2. The first-order valence-electron chi connectivity index (χ1n) is 8.21. The van der Waals surface area contributed by atoms with Gasteiger partial charge in [-0.1, -0.05) is 0 Å². The van der Waals surface area contributed by atoms with Crippen LogP contribution in [0.3, 0.4) is 0 Å². The van der Waals surface area contributed by atoms with E-state index in [4.69, 9.17) is 9.47 Å². The number of rotatable bonds is 6. The molecule has 1 aromatic heterocycles. The fourth-order valence-corrected chi connectivity index (χ4v) is 2.44. The van der Waals surface area contributed by atoms with E-state index in [0.717, 1.165) is 12.1 Å². The van der Waals surface area contributed by atoms with Crippen molar-refractivity contribution in [2.75, 3.05) is 24.9 Å². The topological polar surface area (TPSA) is 72.5 Å². The van der Waals surface area contributed by atoms with E-state index in [0.29, 0.717) is 28.9 Å². The van der Waals surface area contributed by atoms with E-state index >= 15 is 0 Å². The third kappa shape index (κ3) is 4.35. The molecule has 3 rings (SSSR count). The Morgan fingerprint density at radius 2 is 1.75 bits per heavy atom. The summed E-state index contributed by atoms with van der Waals surface area (Å²) in [6, 6.07) is 11.3. The van der Waals surface area contributed by atoms with Gasteiger partial charge in [-0.15, -0.1) is 0 Å². The molecule has 0 unspecified atom stereocenters. The minimum absolute atomic E-state index is 0.0796. The zero-order chi connectivity index (χ0) is 20.1. The van der Waals surface area contributed by atoms with Crippen molar-refractivity contribution < 1.29 is 23.0 Å². The lowest BCUT2D eigenvalue weighted by Crippen LogP contribution is -2.14. The van der Waals surface area contributed by atoms with E-state index in [2.05, 4.69) is 15.6 Å². The first-order valence-corrected chi connectivity index (χ1v) is 8.21. The molecule has 0 aliphatic carbocycles. The number of anilines is 3. The summed E-state index contributed by atoms with van der Waals surface area (Å²) in [5.41, 5.74) is 1.26. The SMILES string of the molecule is COc1ccc(Nc2ccc(C(=O)Nc3ccc(F)cc3F)nc2)c(OC)c1. The zero-order valence-electron chi connectivity index (χ0n) is 15.1. The number of carbonyl (C=O) groups is 1. The molecule has 2 aromatic carbocycles. The summed E-state index contributed by atoms with van der Waals surface area (Å²) >= 11 is 0. The molecule has 6 nitrogen and oxygen atoms in total. The number of nitrogens with zero attached hydrogens (tertiary/aromatic N) is 1. The van der Waals surface area contributed by atoms with E-state index in [1.54, 1.807) is 38.5 Å². The Kier molecular flexibility index (Phi) is 5.69. The quantitative estimate of drug-likeness (QED) is 0.659. The van der Waals surface area contributed by atoms with Gasteiger partial charge in [0.2, 0.25) is 0 Å². The number of amides is 1. The standard InChI is InChI=1S/C20H17F2N3O3/c1-27-14-5-8-17(19(10-14)28-2)24-13-4-7-18(23-11-13)20(26)25-16-6-3-12(21)9-15(16)22/h3-11,24H,1-2H3,(H,25,26).